The third-order valence-electron chi connectivity index (χ3n) is 4.34. The highest BCUT2D eigenvalue weighted by atomic mass is 16.3. The third kappa shape index (κ3) is 3.33. The minimum Gasteiger partial charge on any atom is -0.394 e. The molecule has 1 aliphatic rings. The molecule has 1 saturated carbocycles. The van der Waals surface area contributed by atoms with Gasteiger partial charge in [-0.2, -0.15) is 0 Å². The van der Waals surface area contributed by atoms with Crippen molar-refractivity contribution in [3.63, 3.8) is 0 Å². The molecule has 1 unspecified atom stereocenters. The molecular formula is C17H28N2O. The van der Waals surface area contributed by atoms with E-state index in [0.717, 1.165) is 13.1 Å². The van der Waals surface area contributed by atoms with Gasteiger partial charge in [0.15, 0.2) is 0 Å². The number of anilines is 1. The van der Waals surface area contributed by atoms with Crippen molar-refractivity contribution in [3.8, 4) is 0 Å². The first-order valence-electron chi connectivity index (χ1n) is 7.66. The second-order valence-electron chi connectivity index (χ2n) is 6.32. The molecule has 2 N–H and O–H groups in total. The molecule has 1 aromatic rings. The quantitative estimate of drug-likeness (QED) is 0.803. The standard InChI is InChI=1S/C17H28N2O/c1-5-18-17(12-20,15-6-7-15)11-19(4)16-9-13(2)8-14(3)10-16/h8-10,15,18,20H,5-7,11-12H2,1-4H3. The first kappa shape index (κ1) is 15.3. The lowest BCUT2D eigenvalue weighted by Gasteiger charge is -2.38. The zero-order valence-corrected chi connectivity index (χ0v) is 13.2. The summed E-state index contributed by atoms with van der Waals surface area (Å²) in [4.78, 5) is 2.28. The molecule has 3 nitrogen and oxygen atoms in total. The van der Waals surface area contributed by atoms with Crippen LogP contribution in [-0.2, 0) is 0 Å². The minimum atomic E-state index is -0.152. The number of aliphatic hydroxyl groups excluding tert-OH is 1. The zero-order valence-electron chi connectivity index (χ0n) is 13.2. The Balaban J connectivity index is 2.17. The first-order valence-corrected chi connectivity index (χ1v) is 7.66. The normalized spacial score (nSPS) is 17.9. The van der Waals surface area contributed by atoms with Crippen molar-refractivity contribution in [2.24, 2.45) is 5.92 Å². The number of likely N-dealkylation sites (N-methyl/N-ethyl adjacent to an activating group) is 2. The molecule has 0 saturated heterocycles. The molecule has 1 atom stereocenters. The predicted octanol–water partition coefficient (Wildman–Crippen LogP) is 2.49. The number of benzene rings is 1. The molecule has 0 heterocycles. The van der Waals surface area contributed by atoms with Gasteiger partial charge in [0.05, 0.1) is 12.1 Å². The second-order valence-corrected chi connectivity index (χ2v) is 6.32. The van der Waals surface area contributed by atoms with Crippen LogP contribution < -0.4 is 10.2 Å². The SMILES string of the molecule is CCNC(CO)(CN(C)c1cc(C)cc(C)c1)C1CC1. The van der Waals surface area contributed by atoms with Crippen LogP contribution in [-0.4, -0.2) is 37.4 Å². The number of aliphatic hydroxyl groups is 1. The summed E-state index contributed by atoms with van der Waals surface area (Å²) in [6.45, 7) is 8.34. The van der Waals surface area contributed by atoms with Gasteiger partial charge in [0.25, 0.3) is 0 Å². The lowest BCUT2D eigenvalue weighted by molar-refractivity contribution is 0.146. The molecule has 1 aromatic carbocycles. The average Bonchev–Trinajstić information content (AvgIpc) is 3.21. The Labute approximate surface area is 123 Å². The molecular weight excluding hydrogens is 248 g/mol. The number of nitrogens with zero attached hydrogens (tertiary/aromatic N) is 1. The van der Waals surface area contributed by atoms with E-state index in [9.17, 15) is 5.11 Å². The smallest absolute Gasteiger partial charge is 0.0633 e. The summed E-state index contributed by atoms with van der Waals surface area (Å²) >= 11 is 0. The van der Waals surface area contributed by atoms with Gasteiger partial charge in [0.1, 0.15) is 0 Å². The van der Waals surface area contributed by atoms with E-state index in [1.807, 2.05) is 0 Å². The molecule has 112 valence electrons. The van der Waals surface area contributed by atoms with E-state index in [-0.39, 0.29) is 12.1 Å². The lowest BCUT2D eigenvalue weighted by atomic mass is 9.93. The number of aryl methyl sites for hydroxylation is 2. The van der Waals surface area contributed by atoms with E-state index in [0.29, 0.717) is 5.92 Å². The topological polar surface area (TPSA) is 35.5 Å². The number of hydrogen-bond donors (Lipinski definition) is 2. The van der Waals surface area contributed by atoms with Crippen molar-refractivity contribution < 1.29 is 5.11 Å². The molecule has 0 radical (unpaired) electrons. The van der Waals surface area contributed by atoms with E-state index in [1.165, 1.54) is 29.7 Å². The molecule has 2 rings (SSSR count). The zero-order chi connectivity index (χ0) is 14.8. The van der Waals surface area contributed by atoms with Gasteiger partial charge < -0.3 is 15.3 Å². The van der Waals surface area contributed by atoms with Crippen LogP contribution in [0.1, 0.15) is 30.9 Å². The Bertz CT molecular complexity index is 436. The molecule has 1 fully saturated rings. The molecule has 0 spiro atoms. The van der Waals surface area contributed by atoms with Gasteiger partial charge in [-0.05, 0) is 62.4 Å². The van der Waals surface area contributed by atoms with Crippen LogP contribution in [0.25, 0.3) is 0 Å². The van der Waals surface area contributed by atoms with Crippen molar-refractivity contribution in [1.82, 2.24) is 5.32 Å². The monoisotopic (exact) mass is 276 g/mol. The van der Waals surface area contributed by atoms with Crippen molar-refractivity contribution in [2.45, 2.75) is 39.2 Å². The Morgan fingerprint density at radius 2 is 1.85 bits per heavy atom. The molecule has 3 heteroatoms. The highest BCUT2D eigenvalue weighted by molar-refractivity contribution is 5.50. The Hall–Kier alpha value is -1.06. The molecule has 0 aromatic heterocycles. The number of rotatable bonds is 7. The molecule has 1 aliphatic carbocycles. The van der Waals surface area contributed by atoms with Gasteiger partial charge in [-0.25, -0.2) is 0 Å². The summed E-state index contributed by atoms with van der Waals surface area (Å²) in [5.41, 5.74) is 3.66. The van der Waals surface area contributed by atoms with E-state index in [1.54, 1.807) is 0 Å². The van der Waals surface area contributed by atoms with Crippen LogP contribution >= 0.6 is 0 Å². The summed E-state index contributed by atoms with van der Waals surface area (Å²) in [6, 6.07) is 6.63. The maximum Gasteiger partial charge on any atom is 0.0633 e. The Morgan fingerprint density at radius 1 is 1.25 bits per heavy atom. The van der Waals surface area contributed by atoms with Crippen molar-refractivity contribution in [3.05, 3.63) is 29.3 Å². The fourth-order valence-electron chi connectivity index (χ4n) is 3.24. The van der Waals surface area contributed by atoms with Crippen LogP contribution in [0.2, 0.25) is 0 Å². The summed E-state index contributed by atoms with van der Waals surface area (Å²) in [5, 5.41) is 13.5. The fourth-order valence-corrected chi connectivity index (χ4v) is 3.24. The summed E-state index contributed by atoms with van der Waals surface area (Å²) < 4.78 is 0. The summed E-state index contributed by atoms with van der Waals surface area (Å²) in [6.07, 6.45) is 2.46. The maximum absolute atomic E-state index is 9.93. The molecule has 0 bridgehead atoms. The van der Waals surface area contributed by atoms with Crippen molar-refractivity contribution in [2.75, 3.05) is 31.6 Å². The van der Waals surface area contributed by atoms with E-state index in [2.05, 4.69) is 56.2 Å². The van der Waals surface area contributed by atoms with Crippen LogP contribution in [0.4, 0.5) is 5.69 Å². The number of hydrogen-bond acceptors (Lipinski definition) is 3. The van der Waals surface area contributed by atoms with Crippen LogP contribution in [0, 0.1) is 19.8 Å². The fraction of sp³-hybridized carbons (Fsp3) is 0.647. The van der Waals surface area contributed by atoms with Gasteiger partial charge >= 0.3 is 0 Å². The summed E-state index contributed by atoms with van der Waals surface area (Å²) in [5.74, 6) is 0.612. The van der Waals surface area contributed by atoms with E-state index >= 15 is 0 Å². The van der Waals surface area contributed by atoms with E-state index < -0.39 is 0 Å². The largest absolute Gasteiger partial charge is 0.394 e. The van der Waals surface area contributed by atoms with Crippen molar-refractivity contribution >= 4 is 5.69 Å². The second kappa shape index (κ2) is 6.15. The average molecular weight is 276 g/mol. The molecule has 0 aliphatic heterocycles. The Morgan fingerprint density at radius 3 is 2.30 bits per heavy atom. The van der Waals surface area contributed by atoms with Crippen LogP contribution in [0.15, 0.2) is 18.2 Å². The molecule has 0 amide bonds. The van der Waals surface area contributed by atoms with E-state index in [4.69, 9.17) is 0 Å². The summed E-state index contributed by atoms with van der Waals surface area (Å²) in [7, 11) is 2.12. The van der Waals surface area contributed by atoms with Gasteiger partial charge in [-0.1, -0.05) is 13.0 Å². The molecule has 20 heavy (non-hydrogen) atoms. The van der Waals surface area contributed by atoms with Crippen molar-refractivity contribution in [1.29, 1.82) is 0 Å². The minimum absolute atomic E-state index is 0.152. The number of nitrogens with one attached hydrogen (secondary N) is 1. The Kier molecular flexibility index (Phi) is 4.71. The highest BCUT2D eigenvalue weighted by Gasteiger charge is 2.45. The van der Waals surface area contributed by atoms with Crippen LogP contribution in [0.5, 0.6) is 0 Å². The first-order chi connectivity index (χ1) is 9.50. The third-order valence-corrected chi connectivity index (χ3v) is 4.34. The maximum atomic E-state index is 9.93. The lowest BCUT2D eigenvalue weighted by Crippen LogP contribution is -2.57. The van der Waals surface area contributed by atoms with Gasteiger partial charge in [0, 0.05) is 19.3 Å². The highest BCUT2D eigenvalue weighted by Crippen LogP contribution is 2.40. The predicted molar refractivity (Wildman–Crippen MR) is 85.4 cm³/mol. The van der Waals surface area contributed by atoms with Gasteiger partial charge in [-0.3, -0.25) is 0 Å². The van der Waals surface area contributed by atoms with Gasteiger partial charge in [-0.15, -0.1) is 0 Å². The van der Waals surface area contributed by atoms with Crippen LogP contribution in [0.3, 0.4) is 0 Å². The van der Waals surface area contributed by atoms with Gasteiger partial charge in [0.2, 0.25) is 0 Å².